The zero-order valence-electron chi connectivity index (χ0n) is 13.5. The Morgan fingerprint density at radius 1 is 1.22 bits per heavy atom. The molecule has 1 aromatic heterocycles. The van der Waals surface area contributed by atoms with Gasteiger partial charge in [0.2, 0.25) is 0 Å². The third kappa shape index (κ3) is 4.36. The second-order valence-electron chi connectivity index (χ2n) is 5.93. The Bertz CT molecular complexity index is 588. The highest BCUT2D eigenvalue weighted by atomic mass is 16.5. The van der Waals surface area contributed by atoms with Crippen LogP contribution in [0.15, 0.2) is 48.8 Å². The lowest BCUT2D eigenvalue weighted by Crippen LogP contribution is -2.28. The quantitative estimate of drug-likeness (QED) is 0.728. The number of hydrogen-bond acceptors (Lipinski definition) is 5. The van der Waals surface area contributed by atoms with Gasteiger partial charge in [-0.2, -0.15) is 0 Å². The van der Waals surface area contributed by atoms with Crippen LogP contribution in [-0.2, 0) is 17.9 Å². The molecule has 2 aromatic rings. The number of ether oxygens (including phenoxy) is 1. The van der Waals surface area contributed by atoms with E-state index < -0.39 is 0 Å². The molecule has 0 spiro atoms. The third-order valence-electron chi connectivity index (χ3n) is 4.21. The predicted molar refractivity (Wildman–Crippen MR) is 90.5 cm³/mol. The van der Waals surface area contributed by atoms with Gasteiger partial charge in [-0.25, -0.2) is 5.43 Å². The van der Waals surface area contributed by atoms with Crippen LogP contribution >= 0.6 is 0 Å². The molecule has 3 N–H and O–H groups in total. The van der Waals surface area contributed by atoms with Gasteiger partial charge in [0, 0.05) is 45.1 Å². The Morgan fingerprint density at radius 3 is 2.78 bits per heavy atom. The van der Waals surface area contributed by atoms with Crippen molar-refractivity contribution in [3.63, 3.8) is 0 Å². The maximum Gasteiger partial charge on any atom is 0.0713 e. The van der Waals surface area contributed by atoms with E-state index >= 15 is 0 Å². The summed E-state index contributed by atoms with van der Waals surface area (Å²) in [5, 5.41) is 3.56. The molecule has 0 bridgehead atoms. The zero-order chi connectivity index (χ0) is 15.9. The Morgan fingerprint density at radius 2 is 2.04 bits per heavy atom. The molecule has 0 radical (unpaired) electrons. The second-order valence-corrected chi connectivity index (χ2v) is 5.93. The van der Waals surface area contributed by atoms with Crippen molar-refractivity contribution in [3.05, 3.63) is 65.5 Å². The lowest BCUT2D eigenvalue weighted by Gasteiger charge is -2.19. The van der Waals surface area contributed by atoms with Gasteiger partial charge in [-0.3, -0.25) is 10.4 Å². The predicted octanol–water partition coefficient (Wildman–Crippen LogP) is 1.78. The number of rotatable bonds is 7. The van der Waals surface area contributed by atoms with Gasteiger partial charge in [0.1, 0.15) is 0 Å². The van der Waals surface area contributed by atoms with Crippen molar-refractivity contribution in [2.24, 2.45) is 5.92 Å². The van der Waals surface area contributed by atoms with Crippen LogP contribution in [0.1, 0.15) is 22.7 Å². The van der Waals surface area contributed by atoms with Crippen LogP contribution in [0, 0.1) is 5.92 Å². The van der Waals surface area contributed by atoms with Crippen LogP contribution in [0.2, 0.25) is 0 Å². The molecule has 122 valence electrons. The summed E-state index contributed by atoms with van der Waals surface area (Å²) in [6, 6.07) is 13.0. The van der Waals surface area contributed by atoms with E-state index in [-0.39, 0.29) is 0 Å². The normalized spacial score (nSPS) is 20.7. The molecule has 1 aromatic carbocycles. The summed E-state index contributed by atoms with van der Waals surface area (Å²) in [7, 11) is 1.72. The Balaban J connectivity index is 1.50. The first-order valence-corrected chi connectivity index (χ1v) is 8.02. The van der Waals surface area contributed by atoms with Gasteiger partial charge in [-0.1, -0.05) is 30.3 Å². The molecule has 3 rings (SSSR count). The van der Waals surface area contributed by atoms with Crippen molar-refractivity contribution >= 4 is 0 Å². The van der Waals surface area contributed by atoms with Gasteiger partial charge in [0.25, 0.3) is 0 Å². The van der Waals surface area contributed by atoms with E-state index in [1.165, 1.54) is 16.7 Å². The average molecular weight is 312 g/mol. The molecule has 5 nitrogen and oxygen atoms in total. The summed E-state index contributed by atoms with van der Waals surface area (Å²) in [4.78, 5) is 4.22. The molecule has 1 fully saturated rings. The van der Waals surface area contributed by atoms with Crippen LogP contribution in [0.5, 0.6) is 0 Å². The molecule has 0 amide bonds. The highest BCUT2D eigenvalue weighted by Gasteiger charge is 2.27. The van der Waals surface area contributed by atoms with E-state index in [0.717, 1.165) is 19.6 Å². The Kier molecular flexibility index (Phi) is 5.71. The zero-order valence-corrected chi connectivity index (χ0v) is 13.5. The Labute approximate surface area is 137 Å². The third-order valence-corrected chi connectivity index (χ3v) is 4.21. The number of aromatic nitrogens is 1. The monoisotopic (exact) mass is 312 g/mol. The molecular formula is C18H24N4O. The maximum absolute atomic E-state index is 5.14. The first kappa shape index (κ1) is 16.1. The van der Waals surface area contributed by atoms with Crippen molar-refractivity contribution < 1.29 is 4.74 Å². The average Bonchev–Trinajstić information content (AvgIpc) is 3.06. The standard InChI is InChI=1S/C18H24N4O/c1-23-13-15-6-4-14(5-7-15)9-20-11-17-12-21-22-18(17)16-3-2-8-19-10-16/h2-8,10,17-18,20-22H,9,11-13H2,1H3. The van der Waals surface area contributed by atoms with Crippen LogP contribution < -0.4 is 16.2 Å². The molecule has 0 aliphatic carbocycles. The largest absolute Gasteiger partial charge is 0.380 e. The van der Waals surface area contributed by atoms with Crippen LogP contribution in [-0.4, -0.2) is 25.2 Å². The van der Waals surface area contributed by atoms with Gasteiger partial charge in [-0.15, -0.1) is 0 Å². The van der Waals surface area contributed by atoms with E-state index in [0.29, 0.717) is 18.6 Å². The molecule has 5 heteroatoms. The number of hydrogen-bond donors (Lipinski definition) is 3. The lowest BCUT2D eigenvalue weighted by molar-refractivity contribution is 0.185. The first-order chi connectivity index (χ1) is 11.4. The molecule has 0 saturated carbocycles. The summed E-state index contributed by atoms with van der Waals surface area (Å²) < 4.78 is 5.14. The SMILES string of the molecule is COCc1ccc(CNCC2CNNC2c2cccnc2)cc1. The van der Waals surface area contributed by atoms with Crippen molar-refractivity contribution in [2.45, 2.75) is 19.2 Å². The molecular weight excluding hydrogens is 288 g/mol. The Hall–Kier alpha value is -1.79. The van der Waals surface area contributed by atoms with Gasteiger partial charge < -0.3 is 10.1 Å². The molecule has 2 atom stereocenters. The molecule has 23 heavy (non-hydrogen) atoms. The van der Waals surface area contributed by atoms with E-state index in [1.54, 1.807) is 7.11 Å². The second kappa shape index (κ2) is 8.17. The fourth-order valence-corrected chi connectivity index (χ4v) is 2.96. The molecule has 2 heterocycles. The number of hydrazine groups is 1. The van der Waals surface area contributed by atoms with Crippen molar-refractivity contribution in [3.8, 4) is 0 Å². The number of benzene rings is 1. The maximum atomic E-state index is 5.14. The smallest absolute Gasteiger partial charge is 0.0713 e. The van der Waals surface area contributed by atoms with E-state index in [9.17, 15) is 0 Å². The van der Waals surface area contributed by atoms with Crippen LogP contribution in [0.3, 0.4) is 0 Å². The summed E-state index contributed by atoms with van der Waals surface area (Å²) in [6.07, 6.45) is 3.75. The van der Waals surface area contributed by atoms with Crippen molar-refractivity contribution in [1.82, 2.24) is 21.2 Å². The summed E-state index contributed by atoms with van der Waals surface area (Å²) in [5.41, 5.74) is 10.3. The fraction of sp³-hybridized carbons (Fsp3) is 0.389. The minimum absolute atomic E-state index is 0.306. The minimum atomic E-state index is 0.306. The summed E-state index contributed by atoms with van der Waals surface area (Å²) >= 11 is 0. The van der Waals surface area contributed by atoms with Crippen LogP contribution in [0.4, 0.5) is 0 Å². The van der Waals surface area contributed by atoms with Crippen LogP contribution in [0.25, 0.3) is 0 Å². The number of nitrogens with zero attached hydrogens (tertiary/aromatic N) is 1. The van der Waals surface area contributed by atoms with Gasteiger partial charge in [-0.05, 0) is 22.8 Å². The van der Waals surface area contributed by atoms with Gasteiger partial charge >= 0.3 is 0 Å². The topological polar surface area (TPSA) is 58.2 Å². The first-order valence-electron chi connectivity index (χ1n) is 8.02. The van der Waals surface area contributed by atoms with Gasteiger partial charge in [0.05, 0.1) is 12.6 Å². The number of nitrogens with one attached hydrogen (secondary N) is 3. The minimum Gasteiger partial charge on any atom is -0.380 e. The molecule has 1 aliphatic rings. The van der Waals surface area contributed by atoms with Crippen molar-refractivity contribution in [2.75, 3.05) is 20.2 Å². The highest BCUT2D eigenvalue weighted by molar-refractivity contribution is 5.22. The highest BCUT2D eigenvalue weighted by Crippen LogP contribution is 2.23. The van der Waals surface area contributed by atoms with E-state index in [4.69, 9.17) is 4.74 Å². The summed E-state index contributed by atoms with van der Waals surface area (Å²) in [5.74, 6) is 0.506. The molecule has 1 saturated heterocycles. The molecule has 1 aliphatic heterocycles. The van der Waals surface area contributed by atoms with E-state index in [1.807, 2.05) is 18.5 Å². The number of pyridine rings is 1. The number of methoxy groups -OCH3 is 1. The lowest BCUT2D eigenvalue weighted by atomic mass is 9.96. The summed E-state index contributed by atoms with van der Waals surface area (Å²) in [6.45, 7) is 3.46. The fourth-order valence-electron chi connectivity index (χ4n) is 2.96. The van der Waals surface area contributed by atoms with E-state index in [2.05, 4.69) is 51.5 Å². The van der Waals surface area contributed by atoms with Gasteiger partial charge in [0.15, 0.2) is 0 Å². The molecule has 2 unspecified atom stereocenters. The van der Waals surface area contributed by atoms with Crippen molar-refractivity contribution in [1.29, 1.82) is 0 Å².